The number of ether oxygens (including phenoxy) is 1. The third kappa shape index (κ3) is 4.02. The van der Waals surface area contributed by atoms with Gasteiger partial charge in [0.1, 0.15) is 18.7 Å². The van der Waals surface area contributed by atoms with Crippen LogP contribution >= 0.6 is 0 Å². The van der Waals surface area contributed by atoms with Gasteiger partial charge in [-0.15, -0.1) is 0 Å². The molecule has 0 saturated heterocycles. The van der Waals surface area contributed by atoms with Crippen LogP contribution < -0.4 is 10.6 Å². The lowest BCUT2D eigenvalue weighted by atomic mass is 10.4. The quantitative estimate of drug-likeness (QED) is 0.588. The molecule has 3 heterocycles. The molecule has 4 rings (SSSR count). The van der Waals surface area contributed by atoms with Gasteiger partial charge in [0.05, 0.1) is 7.11 Å². The lowest BCUT2D eigenvalue weighted by Crippen LogP contribution is -2.17. The van der Waals surface area contributed by atoms with Crippen molar-refractivity contribution in [1.29, 1.82) is 0 Å². The Morgan fingerprint density at radius 1 is 1.28 bits per heavy atom. The molecule has 10 nitrogen and oxygen atoms in total. The highest BCUT2D eigenvalue weighted by Crippen LogP contribution is 2.32. The van der Waals surface area contributed by atoms with E-state index in [0.29, 0.717) is 0 Å². The number of nitrogens with one attached hydrogen (secondary N) is 2. The number of alkyl halides is 3. The van der Waals surface area contributed by atoms with E-state index in [1.807, 2.05) is 0 Å². The summed E-state index contributed by atoms with van der Waals surface area (Å²) in [5.41, 5.74) is 0.153. The van der Waals surface area contributed by atoms with Gasteiger partial charge in [-0.1, -0.05) is 0 Å². The smallest absolute Gasteiger partial charge is 0.451 e. The number of carbonyl (C=O) groups excluding carboxylic acids is 1. The number of rotatable bonds is 6. The van der Waals surface area contributed by atoms with Crippen molar-refractivity contribution in [3.8, 4) is 5.82 Å². The van der Waals surface area contributed by atoms with Gasteiger partial charge in [0, 0.05) is 12.2 Å². The van der Waals surface area contributed by atoms with Crippen LogP contribution in [0.5, 0.6) is 0 Å². The zero-order valence-electron chi connectivity index (χ0n) is 15.1. The molecule has 0 aromatic carbocycles. The number of hydrogen-bond acceptors (Lipinski definition) is 9. The molecule has 1 saturated carbocycles. The van der Waals surface area contributed by atoms with E-state index in [1.54, 1.807) is 0 Å². The van der Waals surface area contributed by atoms with E-state index in [-0.39, 0.29) is 41.3 Å². The van der Waals surface area contributed by atoms with Crippen molar-refractivity contribution < 1.29 is 22.7 Å². The highest BCUT2D eigenvalue weighted by atomic mass is 19.4. The fourth-order valence-corrected chi connectivity index (χ4v) is 2.51. The molecule has 1 aliphatic carbocycles. The van der Waals surface area contributed by atoms with E-state index in [2.05, 4.69) is 40.3 Å². The lowest BCUT2D eigenvalue weighted by molar-refractivity contribution is -0.144. The first-order valence-electron chi connectivity index (χ1n) is 8.58. The Hall–Kier alpha value is -3.51. The molecule has 0 atom stereocenters. The number of hydrogen-bond donors (Lipinski definition) is 2. The van der Waals surface area contributed by atoms with Crippen molar-refractivity contribution in [3.05, 3.63) is 24.4 Å². The second-order valence-corrected chi connectivity index (χ2v) is 6.27. The number of carbonyl (C=O) groups is 1. The van der Waals surface area contributed by atoms with Crippen LogP contribution in [0, 0.1) is 0 Å². The maximum absolute atomic E-state index is 13.3. The molecule has 3 aromatic rings. The monoisotopic (exact) mass is 408 g/mol. The highest BCUT2D eigenvalue weighted by molar-refractivity contribution is 5.84. The van der Waals surface area contributed by atoms with Gasteiger partial charge in [-0.25, -0.2) is 19.9 Å². The summed E-state index contributed by atoms with van der Waals surface area (Å²) in [5.74, 6) is -1.45. The maximum atomic E-state index is 13.3. The van der Waals surface area contributed by atoms with Gasteiger partial charge in [-0.3, -0.25) is 9.36 Å². The Kier molecular flexibility index (Phi) is 4.64. The van der Waals surface area contributed by atoms with E-state index in [0.717, 1.165) is 12.8 Å². The number of fused-ring (bicyclic) bond motifs is 1. The van der Waals surface area contributed by atoms with Gasteiger partial charge in [-0.2, -0.15) is 18.2 Å². The Morgan fingerprint density at radius 2 is 2.07 bits per heavy atom. The van der Waals surface area contributed by atoms with Crippen molar-refractivity contribution >= 4 is 28.9 Å². The number of esters is 1. The SMILES string of the molecule is COC(=O)CNc1nccc(-n2cnc3c(NC4CC4)nc(C(F)(F)F)nc32)n1. The van der Waals surface area contributed by atoms with Gasteiger partial charge in [0.25, 0.3) is 0 Å². The van der Waals surface area contributed by atoms with Crippen LogP contribution in [0.25, 0.3) is 17.0 Å². The predicted molar refractivity (Wildman–Crippen MR) is 94.4 cm³/mol. The van der Waals surface area contributed by atoms with E-state index >= 15 is 0 Å². The number of halogens is 3. The minimum absolute atomic E-state index is 0.0293. The zero-order valence-corrected chi connectivity index (χ0v) is 15.1. The molecule has 0 spiro atoms. The molecule has 13 heteroatoms. The minimum atomic E-state index is -4.72. The Balaban J connectivity index is 1.75. The number of imidazole rings is 1. The number of methoxy groups -OCH3 is 1. The first kappa shape index (κ1) is 18.8. The second kappa shape index (κ2) is 7.14. The third-order valence-electron chi connectivity index (χ3n) is 4.07. The van der Waals surface area contributed by atoms with Gasteiger partial charge in [-0.05, 0) is 18.9 Å². The minimum Gasteiger partial charge on any atom is -0.468 e. The van der Waals surface area contributed by atoms with Crippen LogP contribution in [0.2, 0.25) is 0 Å². The molecular formula is C16H15F3N8O2. The molecule has 1 aliphatic rings. The fraction of sp³-hybridized carbons (Fsp3) is 0.375. The van der Waals surface area contributed by atoms with Crippen molar-refractivity contribution in [2.24, 2.45) is 0 Å². The average Bonchev–Trinajstić information content (AvgIpc) is 3.40. The summed E-state index contributed by atoms with van der Waals surface area (Å²) in [4.78, 5) is 30.9. The van der Waals surface area contributed by atoms with E-state index in [9.17, 15) is 18.0 Å². The molecule has 2 N–H and O–H groups in total. The standard InChI is InChI=1S/C16H15F3N8O2/c1-29-10(28)6-21-15-20-5-4-9(24-15)27-7-22-11-12(23-8-2-3-8)25-14(16(17,18)19)26-13(11)27/h4-5,7-8H,2-3,6H2,1H3,(H,20,21,24)(H,23,25,26). The molecule has 1 fully saturated rings. The topological polar surface area (TPSA) is 120 Å². The summed E-state index contributed by atoms with van der Waals surface area (Å²) in [6, 6.07) is 1.56. The van der Waals surface area contributed by atoms with Crippen LogP contribution in [0.4, 0.5) is 24.9 Å². The fourth-order valence-electron chi connectivity index (χ4n) is 2.51. The average molecular weight is 408 g/mol. The molecule has 29 heavy (non-hydrogen) atoms. The van der Waals surface area contributed by atoms with Crippen molar-refractivity contribution in [2.45, 2.75) is 25.1 Å². The van der Waals surface area contributed by atoms with Crippen molar-refractivity contribution in [2.75, 3.05) is 24.3 Å². The Bertz CT molecular complexity index is 1060. The van der Waals surface area contributed by atoms with Gasteiger partial charge >= 0.3 is 12.1 Å². The van der Waals surface area contributed by atoms with E-state index in [1.165, 1.54) is 30.3 Å². The first-order chi connectivity index (χ1) is 13.8. The summed E-state index contributed by atoms with van der Waals surface area (Å²) in [7, 11) is 1.24. The lowest BCUT2D eigenvalue weighted by Gasteiger charge is -2.11. The predicted octanol–water partition coefficient (Wildman–Crippen LogP) is 1.78. The molecule has 0 unspecified atom stereocenters. The summed E-state index contributed by atoms with van der Waals surface area (Å²) in [5, 5.41) is 5.63. The maximum Gasteiger partial charge on any atom is 0.451 e. The molecule has 0 bridgehead atoms. The molecule has 0 aliphatic heterocycles. The van der Waals surface area contributed by atoms with Crippen LogP contribution in [0.3, 0.4) is 0 Å². The van der Waals surface area contributed by atoms with Crippen molar-refractivity contribution in [3.63, 3.8) is 0 Å². The van der Waals surface area contributed by atoms with Crippen LogP contribution in [-0.4, -0.2) is 55.2 Å². The second-order valence-electron chi connectivity index (χ2n) is 6.27. The van der Waals surface area contributed by atoms with E-state index < -0.39 is 18.0 Å². The molecule has 0 radical (unpaired) electrons. The van der Waals surface area contributed by atoms with E-state index in [4.69, 9.17) is 0 Å². The molecular weight excluding hydrogens is 393 g/mol. The van der Waals surface area contributed by atoms with Crippen LogP contribution in [0.1, 0.15) is 18.7 Å². The van der Waals surface area contributed by atoms with Gasteiger partial charge in [0.15, 0.2) is 17.0 Å². The third-order valence-corrected chi connectivity index (χ3v) is 4.07. The van der Waals surface area contributed by atoms with Crippen LogP contribution in [-0.2, 0) is 15.7 Å². The normalized spacial score (nSPS) is 14.1. The molecule has 3 aromatic heterocycles. The molecule has 152 valence electrons. The summed E-state index contributed by atoms with van der Waals surface area (Å²) >= 11 is 0. The summed E-state index contributed by atoms with van der Waals surface area (Å²) in [6.45, 7) is -0.166. The zero-order chi connectivity index (χ0) is 20.6. The first-order valence-corrected chi connectivity index (χ1v) is 8.58. The van der Waals surface area contributed by atoms with Gasteiger partial charge < -0.3 is 15.4 Å². The van der Waals surface area contributed by atoms with Gasteiger partial charge in [0.2, 0.25) is 11.8 Å². The number of aromatic nitrogens is 6. The Labute approximate surface area is 161 Å². The number of anilines is 2. The van der Waals surface area contributed by atoms with Crippen molar-refractivity contribution in [1.82, 2.24) is 29.5 Å². The summed E-state index contributed by atoms with van der Waals surface area (Å²) < 4.78 is 45.7. The largest absolute Gasteiger partial charge is 0.468 e. The Morgan fingerprint density at radius 3 is 2.76 bits per heavy atom. The summed E-state index contributed by atoms with van der Waals surface area (Å²) in [6.07, 6.45) is -0.307. The molecule has 0 amide bonds. The highest BCUT2D eigenvalue weighted by Gasteiger charge is 2.37. The van der Waals surface area contributed by atoms with Crippen LogP contribution in [0.15, 0.2) is 18.6 Å². The number of nitrogens with zero attached hydrogens (tertiary/aromatic N) is 6.